The fraction of sp³-hybridized carbons (Fsp3) is 0.923. The number of hydrogen-bond acceptors (Lipinski definition) is 3. The van der Waals surface area contributed by atoms with Crippen LogP contribution in [-0.2, 0) is 9.53 Å². The van der Waals surface area contributed by atoms with E-state index in [1.165, 1.54) is 19.3 Å². The Morgan fingerprint density at radius 1 is 1.28 bits per heavy atom. The lowest BCUT2D eigenvalue weighted by Crippen LogP contribution is -2.50. The third-order valence-corrected chi connectivity index (χ3v) is 5.29. The number of rotatable bonds is 3. The molecule has 2 nitrogen and oxygen atoms in total. The van der Waals surface area contributed by atoms with Crippen molar-refractivity contribution in [3.05, 3.63) is 0 Å². The van der Waals surface area contributed by atoms with Crippen LogP contribution in [-0.4, -0.2) is 15.6 Å². The highest BCUT2D eigenvalue weighted by Gasteiger charge is 2.55. The molecular formula is C13H18FIO2S. The fourth-order valence-corrected chi connectivity index (χ4v) is 4.89. The van der Waals surface area contributed by atoms with Crippen molar-refractivity contribution in [2.24, 2.45) is 23.2 Å². The Morgan fingerprint density at radius 3 is 2.11 bits per heavy atom. The number of alkyl halides is 2. The Labute approximate surface area is 126 Å². The highest BCUT2D eigenvalue weighted by atomic mass is 127. The van der Waals surface area contributed by atoms with Crippen LogP contribution < -0.4 is 0 Å². The van der Waals surface area contributed by atoms with Crippen LogP contribution in [0.4, 0.5) is 4.39 Å². The molecule has 102 valence electrons. The lowest BCUT2D eigenvalue weighted by atomic mass is 9.49. The van der Waals surface area contributed by atoms with Gasteiger partial charge in [0.15, 0.2) is 0 Å². The highest BCUT2D eigenvalue weighted by Crippen LogP contribution is 2.60. The van der Waals surface area contributed by atoms with Gasteiger partial charge in [0.2, 0.25) is 3.01 Å². The zero-order valence-electron chi connectivity index (χ0n) is 10.2. The average molecular weight is 384 g/mol. The predicted octanol–water partition coefficient (Wildman–Crippen LogP) is 3.73. The second kappa shape index (κ2) is 4.50. The Kier molecular flexibility index (Phi) is 3.37. The molecule has 0 radical (unpaired) electrons. The van der Waals surface area contributed by atoms with Crippen LogP contribution in [0.15, 0.2) is 0 Å². The van der Waals surface area contributed by atoms with Gasteiger partial charge >= 0.3 is 5.97 Å². The average Bonchev–Trinajstić information content (AvgIpc) is 2.22. The first-order valence-corrected chi connectivity index (χ1v) is 8.16. The number of halogens is 2. The largest absolute Gasteiger partial charge is 0.460 e. The van der Waals surface area contributed by atoms with Crippen molar-refractivity contribution in [2.75, 3.05) is 6.61 Å². The molecule has 0 heterocycles. The maximum atomic E-state index is 13.3. The van der Waals surface area contributed by atoms with Gasteiger partial charge in [-0.05, 0) is 78.9 Å². The number of hydrogen-bond donors (Lipinski definition) is 1. The Balaban J connectivity index is 1.69. The van der Waals surface area contributed by atoms with E-state index in [-0.39, 0.29) is 18.0 Å². The van der Waals surface area contributed by atoms with E-state index in [0.717, 1.165) is 19.3 Å². The van der Waals surface area contributed by atoms with Gasteiger partial charge < -0.3 is 4.74 Å². The molecule has 4 fully saturated rings. The molecule has 4 saturated carbocycles. The quantitative estimate of drug-likeness (QED) is 0.347. The minimum Gasteiger partial charge on any atom is -0.460 e. The molecule has 0 aliphatic heterocycles. The molecule has 0 saturated heterocycles. The summed E-state index contributed by atoms with van der Waals surface area (Å²) < 4.78 is 16.7. The molecule has 0 aromatic rings. The van der Waals surface area contributed by atoms with Gasteiger partial charge in [-0.3, -0.25) is 4.79 Å². The molecule has 4 aliphatic carbocycles. The van der Waals surface area contributed by atoms with E-state index in [4.69, 9.17) is 4.74 Å². The van der Waals surface area contributed by atoms with Crippen LogP contribution in [0, 0.1) is 23.2 Å². The lowest BCUT2D eigenvalue weighted by molar-refractivity contribution is -0.172. The van der Waals surface area contributed by atoms with Crippen molar-refractivity contribution in [2.45, 2.75) is 41.5 Å². The van der Waals surface area contributed by atoms with Crippen molar-refractivity contribution in [1.82, 2.24) is 0 Å². The van der Waals surface area contributed by atoms with Gasteiger partial charge in [0, 0.05) is 0 Å². The maximum Gasteiger partial charge on any atom is 0.312 e. The SMILES string of the molecule is O=C(OCC(F)(S)I)C12CC3CC(CC(C3)C1)C2. The maximum absolute atomic E-state index is 13.3. The predicted molar refractivity (Wildman–Crippen MR) is 78.4 cm³/mol. The van der Waals surface area contributed by atoms with E-state index in [0.29, 0.717) is 17.8 Å². The number of esters is 1. The molecule has 4 rings (SSSR count). The Morgan fingerprint density at radius 2 is 1.72 bits per heavy atom. The molecule has 1 atom stereocenters. The fourth-order valence-electron chi connectivity index (χ4n) is 4.67. The van der Waals surface area contributed by atoms with Crippen molar-refractivity contribution < 1.29 is 13.9 Å². The number of thiol groups is 1. The van der Waals surface area contributed by atoms with Crippen LogP contribution >= 0.6 is 35.2 Å². The highest BCUT2D eigenvalue weighted by molar-refractivity contribution is 14.1. The van der Waals surface area contributed by atoms with E-state index in [1.54, 1.807) is 22.6 Å². The summed E-state index contributed by atoms with van der Waals surface area (Å²) in [6.45, 7) is -0.253. The summed E-state index contributed by atoms with van der Waals surface area (Å²) in [7, 11) is 0. The van der Waals surface area contributed by atoms with E-state index in [2.05, 4.69) is 12.6 Å². The minimum atomic E-state index is -1.75. The van der Waals surface area contributed by atoms with Crippen molar-refractivity contribution in [3.8, 4) is 0 Å². The molecule has 0 spiro atoms. The first kappa shape index (κ1) is 13.5. The summed E-state index contributed by atoms with van der Waals surface area (Å²) in [5, 5.41) is 0. The van der Waals surface area contributed by atoms with Gasteiger partial charge in [-0.2, -0.15) is 0 Å². The summed E-state index contributed by atoms with van der Waals surface area (Å²) in [6, 6.07) is 0. The van der Waals surface area contributed by atoms with Crippen LogP contribution in [0.2, 0.25) is 0 Å². The van der Waals surface area contributed by atoms with E-state index in [9.17, 15) is 9.18 Å². The monoisotopic (exact) mass is 384 g/mol. The Hall–Kier alpha value is 0.480. The smallest absolute Gasteiger partial charge is 0.312 e. The van der Waals surface area contributed by atoms with Gasteiger partial charge in [-0.15, -0.1) is 12.6 Å². The molecule has 4 aliphatic rings. The molecule has 4 bridgehead atoms. The van der Waals surface area contributed by atoms with Crippen molar-refractivity contribution >= 4 is 41.2 Å². The standard InChI is InChI=1S/C13H18FIO2S/c14-13(15,18)7-17-11(16)12-4-8-1-9(5-12)3-10(2-8)6-12/h8-10,18H,1-7H2. The molecule has 5 heteroatoms. The summed E-state index contributed by atoms with van der Waals surface area (Å²) in [4.78, 5) is 12.3. The first-order chi connectivity index (χ1) is 8.36. The molecule has 1 unspecified atom stereocenters. The molecule has 0 aromatic heterocycles. The Bertz CT molecular complexity index is 331. The number of carbonyl (C=O) groups excluding carboxylic acids is 1. The molecule has 0 amide bonds. The van der Waals surface area contributed by atoms with Gasteiger partial charge in [0.25, 0.3) is 0 Å². The van der Waals surface area contributed by atoms with E-state index >= 15 is 0 Å². The van der Waals surface area contributed by atoms with Crippen LogP contribution in [0.3, 0.4) is 0 Å². The third-order valence-electron chi connectivity index (χ3n) is 4.85. The lowest BCUT2D eigenvalue weighted by Gasteiger charge is -2.55. The summed E-state index contributed by atoms with van der Waals surface area (Å²) in [5.74, 6) is 1.94. The zero-order chi connectivity index (χ0) is 13.0. The van der Waals surface area contributed by atoms with Gasteiger partial charge in [0.1, 0.15) is 6.61 Å². The summed E-state index contributed by atoms with van der Waals surface area (Å²) in [6.07, 6.45) is 6.76. The van der Waals surface area contributed by atoms with Gasteiger partial charge in [-0.25, -0.2) is 4.39 Å². The second-order valence-corrected chi connectivity index (χ2v) is 9.71. The van der Waals surface area contributed by atoms with E-state index < -0.39 is 3.01 Å². The first-order valence-electron chi connectivity index (χ1n) is 6.64. The normalized spacial score (nSPS) is 44.7. The third kappa shape index (κ3) is 2.53. The summed E-state index contributed by atoms with van der Waals surface area (Å²) in [5.41, 5.74) is -0.287. The van der Waals surface area contributed by atoms with Crippen molar-refractivity contribution in [3.63, 3.8) is 0 Å². The molecule has 18 heavy (non-hydrogen) atoms. The van der Waals surface area contributed by atoms with Crippen LogP contribution in [0.5, 0.6) is 0 Å². The molecule has 0 aromatic carbocycles. The summed E-state index contributed by atoms with van der Waals surface area (Å²) >= 11 is 5.30. The second-order valence-electron chi connectivity index (χ2n) is 6.44. The van der Waals surface area contributed by atoms with Crippen LogP contribution in [0.1, 0.15) is 38.5 Å². The zero-order valence-corrected chi connectivity index (χ0v) is 13.3. The van der Waals surface area contributed by atoms with Gasteiger partial charge in [-0.1, -0.05) is 0 Å². The molecule has 0 N–H and O–H groups in total. The van der Waals surface area contributed by atoms with E-state index in [1.807, 2.05) is 0 Å². The number of carbonyl (C=O) groups is 1. The van der Waals surface area contributed by atoms with Crippen LogP contribution in [0.25, 0.3) is 0 Å². The number of ether oxygens (including phenoxy) is 1. The van der Waals surface area contributed by atoms with Gasteiger partial charge in [0.05, 0.1) is 5.41 Å². The minimum absolute atomic E-state index is 0.172. The van der Waals surface area contributed by atoms with Crippen molar-refractivity contribution in [1.29, 1.82) is 0 Å². The topological polar surface area (TPSA) is 26.3 Å². The molecular weight excluding hydrogens is 366 g/mol.